The predicted molar refractivity (Wildman–Crippen MR) is 99.9 cm³/mol. The lowest BCUT2D eigenvalue weighted by atomic mass is 10.2. The van der Waals surface area contributed by atoms with Crippen molar-refractivity contribution < 1.29 is 0 Å². The Morgan fingerprint density at radius 1 is 1.04 bits per heavy atom. The fourth-order valence-corrected chi connectivity index (χ4v) is 3.14. The molecule has 126 valence electrons. The Morgan fingerprint density at radius 2 is 1.84 bits per heavy atom. The van der Waals surface area contributed by atoms with Gasteiger partial charge < -0.3 is 16.0 Å². The maximum atomic E-state index is 5.90. The van der Waals surface area contributed by atoms with Gasteiger partial charge in [-0.2, -0.15) is 15.0 Å². The van der Waals surface area contributed by atoms with Gasteiger partial charge in [-0.3, -0.25) is 0 Å². The molecule has 1 aromatic heterocycles. The third kappa shape index (κ3) is 3.24. The number of hydrogen-bond donors (Lipinski definition) is 2. The maximum absolute atomic E-state index is 5.90. The minimum atomic E-state index is 0.230. The highest BCUT2D eigenvalue weighted by Gasteiger charge is 2.19. The SMILES string of the molecule is Cc1ccccc1Nc1nc(N)nc(CN2CCc3ccccc32)n1. The Labute approximate surface area is 146 Å². The highest BCUT2D eigenvalue weighted by molar-refractivity contribution is 5.59. The van der Waals surface area contributed by atoms with Crippen LogP contribution in [0.3, 0.4) is 0 Å². The van der Waals surface area contributed by atoms with Gasteiger partial charge in [-0.15, -0.1) is 0 Å². The second kappa shape index (κ2) is 6.39. The molecule has 3 N–H and O–H groups in total. The van der Waals surface area contributed by atoms with Crippen molar-refractivity contribution in [1.82, 2.24) is 15.0 Å². The fraction of sp³-hybridized carbons (Fsp3) is 0.211. The third-order valence-corrected chi connectivity index (χ3v) is 4.41. The van der Waals surface area contributed by atoms with E-state index in [0.29, 0.717) is 18.3 Å². The maximum Gasteiger partial charge on any atom is 0.232 e. The molecule has 1 aliphatic rings. The van der Waals surface area contributed by atoms with E-state index in [9.17, 15) is 0 Å². The van der Waals surface area contributed by atoms with Gasteiger partial charge in [0.25, 0.3) is 0 Å². The van der Waals surface area contributed by atoms with Gasteiger partial charge in [-0.05, 0) is 36.6 Å². The largest absolute Gasteiger partial charge is 0.368 e. The summed E-state index contributed by atoms with van der Waals surface area (Å²) in [5.74, 6) is 1.37. The predicted octanol–water partition coefficient (Wildman–Crippen LogP) is 3.07. The number of hydrogen-bond acceptors (Lipinski definition) is 6. The number of fused-ring (bicyclic) bond motifs is 1. The van der Waals surface area contributed by atoms with Crippen LogP contribution in [0.5, 0.6) is 0 Å². The molecule has 25 heavy (non-hydrogen) atoms. The molecule has 6 nitrogen and oxygen atoms in total. The van der Waals surface area contributed by atoms with Gasteiger partial charge in [-0.1, -0.05) is 36.4 Å². The van der Waals surface area contributed by atoms with E-state index in [1.165, 1.54) is 11.3 Å². The van der Waals surface area contributed by atoms with E-state index in [0.717, 1.165) is 24.2 Å². The average molecular weight is 332 g/mol. The minimum absolute atomic E-state index is 0.230. The summed E-state index contributed by atoms with van der Waals surface area (Å²) >= 11 is 0. The summed E-state index contributed by atoms with van der Waals surface area (Å²) in [4.78, 5) is 15.4. The molecule has 0 unspecified atom stereocenters. The molecular weight excluding hydrogens is 312 g/mol. The number of rotatable bonds is 4. The van der Waals surface area contributed by atoms with Gasteiger partial charge in [0.2, 0.25) is 11.9 Å². The number of aromatic nitrogens is 3. The number of para-hydroxylation sites is 2. The van der Waals surface area contributed by atoms with Crippen molar-refractivity contribution in [3.05, 3.63) is 65.5 Å². The van der Waals surface area contributed by atoms with Crippen molar-refractivity contribution in [3.8, 4) is 0 Å². The number of nitrogens with one attached hydrogen (secondary N) is 1. The molecule has 0 fully saturated rings. The summed E-state index contributed by atoms with van der Waals surface area (Å²) in [6.07, 6.45) is 1.05. The molecule has 3 aromatic rings. The van der Waals surface area contributed by atoms with Crippen molar-refractivity contribution in [1.29, 1.82) is 0 Å². The molecule has 0 bridgehead atoms. The number of nitrogens with zero attached hydrogens (tertiary/aromatic N) is 4. The second-order valence-electron chi connectivity index (χ2n) is 6.17. The van der Waals surface area contributed by atoms with Crippen LogP contribution in [0.15, 0.2) is 48.5 Å². The van der Waals surface area contributed by atoms with Crippen molar-refractivity contribution in [2.24, 2.45) is 0 Å². The zero-order valence-electron chi connectivity index (χ0n) is 14.1. The van der Waals surface area contributed by atoms with E-state index in [4.69, 9.17) is 5.73 Å². The molecule has 0 saturated carbocycles. The normalized spacial score (nSPS) is 12.9. The molecule has 1 aliphatic heterocycles. The lowest BCUT2D eigenvalue weighted by Crippen LogP contribution is -2.22. The Balaban J connectivity index is 1.57. The van der Waals surface area contributed by atoms with Crippen molar-refractivity contribution in [2.45, 2.75) is 19.9 Å². The molecule has 6 heteroatoms. The molecule has 2 aromatic carbocycles. The first-order valence-electron chi connectivity index (χ1n) is 8.35. The highest BCUT2D eigenvalue weighted by Crippen LogP contribution is 2.28. The molecular formula is C19H20N6. The molecule has 4 rings (SSSR count). The molecule has 0 amide bonds. The summed E-state index contributed by atoms with van der Waals surface area (Å²) in [5, 5.41) is 3.24. The fourth-order valence-electron chi connectivity index (χ4n) is 3.14. The minimum Gasteiger partial charge on any atom is -0.368 e. The lowest BCUT2D eigenvalue weighted by molar-refractivity contribution is 0.780. The van der Waals surface area contributed by atoms with E-state index < -0.39 is 0 Å². The van der Waals surface area contributed by atoms with Crippen LogP contribution in [-0.4, -0.2) is 21.5 Å². The lowest BCUT2D eigenvalue weighted by Gasteiger charge is -2.18. The molecule has 0 atom stereocenters. The molecule has 0 aliphatic carbocycles. The number of nitrogen functional groups attached to an aromatic ring is 1. The first kappa shape index (κ1) is 15.4. The van der Waals surface area contributed by atoms with E-state index in [-0.39, 0.29) is 5.95 Å². The van der Waals surface area contributed by atoms with Gasteiger partial charge in [-0.25, -0.2) is 0 Å². The smallest absolute Gasteiger partial charge is 0.232 e. The van der Waals surface area contributed by atoms with Crippen LogP contribution >= 0.6 is 0 Å². The van der Waals surface area contributed by atoms with Crippen molar-refractivity contribution >= 4 is 23.3 Å². The zero-order chi connectivity index (χ0) is 17.2. The third-order valence-electron chi connectivity index (χ3n) is 4.41. The Morgan fingerprint density at radius 3 is 2.72 bits per heavy atom. The summed E-state index contributed by atoms with van der Waals surface area (Å²) in [7, 11) is 0. The number of anilines is 4. The van der Waals surface area contributed by atoms with E-state index in [2.05, 4.69) is 49.4 Å². The van der Waals surface area contributed by atoms with E-state index in [1.807, 2.05) is 31.2 Å². The van der Waals surface area contributed by atoms with Crippen molar-refractivity contribution in [2.75, 3.05) is 22.5 Å². The number of nitrogens with two attached hydrogens (primary N) is 1. The summed E-state index contributed by atoms with van der Waals surface area (Å²) < 4.78 is 0. The Bertz CT molecular complexity index is 908. The first-order chi connectivity index (χ1) is 12.2. The molecule has 2 heterocycles. The highest BCUT2D eigenvalue weighted by atomic mass is 15.2. The summed E-state index contributed by atoms with van der Waals surface area (Å²) in [5.41, 5.74) is 10.6. The second-order valence-corrected chi connectivity index (χ2v) is 6.17. The van der Waals surface area contributed by atoms with Gasteiger partial charge in [0.15, 0.2) is 5.82 Å². The van der Waals surface area contributed by atoms with Gasteiger partial charge >= 0.3 is 0 Å². The Hall–Kier alpha value is -3.15. The van der Waals surface area contributed by atoms with Crippen LogP contribution in [0.2, 0.25) is 0 Å². The number of benzene rings is 2. The zero-order valence-corrected chi connectivity index (χ0v) is 14.1. The van der Waals surface area contributed by atoms with Gasteiger partial charge in [0.05, 0.1) is 6.54 Å². The standard InChI is InChI=1S/C19H20N6/c1-13-6-2-4-8-15(13)21-19-23-17(22-18(20)24-19)12-25-11-10-14-7-3-5-9-16(14)25/h2-9H,10-12H2,1H3,(H3,20,21,22,23,24). The quantitative estimate of drug-likeness (QED) is 0.764. The van der Waals surface area contributed by atoms with Crippen LogP contribution in [-0.2, 0) is 13.0 Å². The van der Waals surface area contributed by atoms with Crippen LogP contribution in [0.1, 0.15) is 17.0 Å². The Kier molecular flexibility index (Phi) is 3.93. The van der Waals surface area contributed by atoms with Crippen LogP contribution in [0.4, 0.5) is 23.3 Å². The summed E-state index contributed by atoms with van der Waals surface area (Å²) in [6.45, 7) is 3.62. The molecule has 0 spiro atoms. The monoisotopic (exact) mass is 332 g/mol. The van der Waals surface area contributed by atoms with E-state index >= 15 is 0 Å². The molecule has 0 radical (unpaired) electrons. The van der Waals surface area contributed by atoms with E-state index in [1.54, 1.807) is 0 Å². The van der Waals surface area contributed by atoms with Gasteiger partial charge in [0.1, 0.15) is 0 Å². The van der Waals surface area contributed by atoms with Crippen LogP contribution < -0.4 is 16.0 Å². The molecule has 0 saturated heterocycles. The van der Waals surface area contributed by atoms with Gasteiger partial charge in [0, 0.05) is 17.9 Å². The van der Waals surface area contributed by atoms with Crippen molar-refractivity contribution in [3.63, 3.8) is 0 Å². The van der Waals surface area contributed by atoms with Crippen LogP contribution in [0.25, 0.3) is 0 Å². The topological polar surface area (TPSA) is 80.0 Å². The average Bonchev–Trinajstić information content (AvgIpc) is 3.00. The number of aryl methyl sites for hydroxylation is 1. The first-order valence-corrected chi connectivity index (χ1v) is 8.35. The van der Waals surface area contributed by atoms with Crippen LogP contribution in [0, 0.1) is 6.92 Å². The summed E-state index contributed by atoms with van der Waals surface area (Å²) in [6, 6.07) is 16.4.